The molecular formula is C56H36N2O. The fraction of sp³-hybridized carbons (Fsp3) is 0. The Morgan fingerprint density at radius 2 is 1.02 bits per heavy atom. The van der Waals surface area contributed by atoms with E-state index in [0.29, 0.717) is 0 Å². The molecule has 10 aromatic carbocycles. The van der Waals surface area contributed by atoms with E-state index >= 15 is 0 Å². The molecule has 0 aliphatic rings. The standard InChI is InChI=1S/C56H36N2O/c1-3-14-37(15-4-1)45-34-33-44(55-49-21-10-12-25-54(49)59-56(45)55)39-26-29-41(30-27-39)57(51-24-13-22-46-43-19-8-7-16-38(43)28-32-48(46)51)42-31-35-53-50(36-42)47-20-9-11-23-52(47)58(53)40-17-5-2-6-18-40/h1-36H. The van der Waals surface area contributed by atoms with Crippen LogP contribution in [0.25, 0.3) is 93.2 Å². The average molecular weight is 753 g/mol. The maximum Gasteiger partial charge on any atom is 0.143 e. The molecule has 0 radical (unpaired) electrons. The lowest BCUT2D eigenvalue weighted by atomic mass is 9.94. The van der Waals surface area contributed by atoms with E-state index in [2.05, 4.69) is 222 Å². The van der Waals surface area contributed by atoms with E-state index in [-0.39, 0.29) is 0 Å². The molecule has 3 heteroatoms. The molecule has 2 heterocycles. The quantitative estimate of drug-likeness (QED) is 0.158. The monoisotopic (exact) mass is 752 g/mol. The van der Waals surface area contributed by atoms with Gasteiger partial charge < -0.3 is 13.9 Å². The molecular weight excluding hydrogens is 717 g/mol. The largest absolute Gasteiger partial charge is 0.455 e. The molecule has 0 aliphatic heterocycles. The van der Waals surface area contributed by atoms with E-state index in [1.54, 1.807) is 0 Å². The second-order valence-electron chi connectivity index (χ2n) is 15.3. The summed E-state index contributed by atoms with van der Waals surface area (Å²) in [5.41, 5.74) is 13.1. The molecule has 0 aliphatic carbocycles. The second-order valence-corrected chi connectivity index (χ2v) is 15.3. The van der Waals surface area contributed by atoms with E-state index in [1.165, 1.54) is 43.4 Å². The number of rotatable bonds is 6. The van der Waals surface area contributed by atoms with Crippen LogP contribution in [0, 0.1) is 0 Å². The van der Waals surface area contributed by atoms with Gasteiger partial charge in [0.15, 0.2) is 0 Å². The van der Waals surface area contributed by atoms with Crippen LogP contribution >= 0.6 is 0 Å². The van der Waals surface area contributed by atoms with Crippen molar-refractivity contribution in [3.05, 3.63) is 218 Å². The number of anilines is 3. The first-order valence-corrected chi connectivity index (χ1v) is 20.2. The lowest BCUT2D eigenvalue weighted by molar-refractivity contribution is 0.670. The van der Waals surface area contributed by atoms with Crippen LogP contribution in [0.1, 0.15) is 0 Å². The SMILES string of the molecule is c1ccc(-c2ccc(-c3ccc(N(c4ccc5c(c4)c4ccccc4n5-c4ccccc4)c4cccc5c4ccc4ccccc45)cc3)c3c2oc2ccccc23)cc1. The van der Waals surface area contributed by atoms with Crippen LogP contribution in [-0.2, 0) is 0 Å². The van der Waals surface area contributed by atoms with Gasteiger partial charge >= 0.3 is 0 Å². The van der Waals surface area contributed by atoms with Crippen molar-refractivity contribution < 1.29 is 4.42 Å². The highest BCUT2D eigenvalue weighted by molar-refractivity contribution is 6.17. The normalized spacial score (nSPS) is 11.7. The van der Waals surface area contributed by atoms with Crippen LogP contribution in [0.4, 0.5) is 17.1 Å². The molecule has 59 heavy (non-hydrogen) atoms. The van der Waals surface area contributed by atoms with Crippen LogP contribution in [0.15, 0.2) is 223 Å². The Labute approximate surface area is 341 Å². The van der Waals surface area contributed by atoms with Gasteiger partial charge in [0.05, 0.1) is 16.7 Å². The van der Waals surface area contributed by atoms with Gasteiger partial charge in [-0.3, -0.25) is 0 Å². The van der Waals surface area contributed by atoms with Crippen molar-refractivity contribution in [2.75, 3.05) is 4.90 Å². The zero-order valence-corrected chi connectivity index (χ0v) is 32.1. The second kappa shape index (κ2) is 13.4. The lowest BCUT2D eigenvalue weighted by Gasteiger charge is -2.27. The average Bonchev–Trinajstić information content (AvgIpc) is 3.86. The maximum atomic E-state index is 6.63. The van der Waals surface area contributed by atoms with Crippen molar-refractivity contribution >= 4 is 82.4 Å². The van der Waals surface area contributed by atoms with Gasteiger partial charge in [0.2, 0.25) is 0 Å². The smallest absolute Gasteiger partial charge is 0.143 e. The van der Waals surface area contributed by atoms with E-state index in [4.69, 9.17) is 4.42 Å². The molecule has 0 fully saturated rings. The number of hydrogen-bond acceptors (Lipinski definition) is 2. The minimum atomic E-state index is 0.891. The summed E-state index contributed by atoms with van der Waals surface area (Å²) in [4.78, 5) is 2.43. The summed E-state index contributed by atoms with van der Waals surface area (Å²) in [6.45, 7) is 0. The first-order chi connectivity index (χ1) is 29.3. The Hall–Kier alpha value is -7.88. The third-order valence-corrected chi connectivity index (χ3v) is 12.0. The Morgan fingerprint density at radius 1 is 0.373 bits per heavy atom. The topological polar surface area (TPSA) is 21.3 Å². The summed E-state index contributed by atoms with van der Waals surface area (Å²) in [5, 5.41) is 9.60. The highest BCUT2D eigenvalue weighted by Crippen LogP contribution is 2.45. The molecule has 12 aromatic rings. The predicted octanol–water partition coefficient (Wildman–Crippen LogP) is 15.8. The van der Waals surface area contributed by atoms with E-state index in [1.807, 2.05) is 6.07 Å². The van der Waals surface area contributed by atoms with Gasteiger partial charge in [-0.1, -0.05) is 152 Å². The van der Waals surface area contributed by atoms with Crippen LogP contribution in [0.2, 0.25) is 0 Å². The molecule has 0 N–H and O–H groups in total. The number of para-hydroxylation sites is 3. The Balaban J connectivity index is 1.07. The van der Waals surface area contributed by atoms with Crippen LogP contribution in [-0.4, -0.2) is 4.57 Å². The molecule has 12 rings (SSSR count). The summed E-state index contributed by atoms with van der Waals surface area (Å²) in [7, 11) is 0. The zero-order valence-electron chi connectivity index (χ0n) is 32.1. The summed E-state index contributed by atoms with van der Waals surface area (Å²) in [6, 6.07) is 78.7. The zero-order chi connectivity index (χ0) is 38.9. The summed E-state index contributed by atoms with van der Waals surface area (Å²) >= 11 is 0. The lowest BCUT2D eigenvalue weighted by Crippen LogP contribution is -2.10. The predicted molar refractivity (Wildman–Crippen MR) is 249 cm³/mol. The van der Waals surface area contributed by atoms with Crippen LogP contribution < -0.4 is 4.90 Å². The number of furan rings is 1. The first-order valence-electron chi connectivity index (χ1n) is 20.2. The van der Waals surface area contributed by atoms with Crippen molar-refractivity contribution in [1.29, 1.82) is 0 Å². The first kappa shape index (κ1) is 33.3. The van der Waals surface area contributed by atoms with Crippen molar-refractivity contribution in [1.82, 2.24) is 4.57 Å². The molecule has 0 bridgehead atoms. The third kappa shape index (κ3) is 5.29. The number of fused-ring (bicyclic) bond motifs is 9. The fourth-order valence-corrected chi connectivity index (χ4v) is 9.31. The molecule has 0 amide bonds. The third-order valence-electron chi connectivity index (χ3n) is 12.0. The minimum Gasteiger partial charge on any atom is -0.455 e. The molecule has 0 saturated heterocycles. The Bertz CT molecular complexity index is 3540. The molecule has 0 spiro atoms. The van der Waals surface area contributed by atoms with Crippen LogP contribution in [0.3, 0.4) is 0 Å². The molecule has 0 saturated carbocycles. The van der Waals surface area contributed by atoms with Crippen molar-refractivity contribution in [3.8, 4) is 27.9 Å². The molecule has 276 valence electrons. The van der Waals surface area contributed by atoms with Crippen molar-refractivity contribution in [2.24, 2.45) is 0 Å². The van der Waals surface area contributed by atoms with Gasteiger partial charge in [-0.25, -0.2) is 0 Å². The fourth-order valence-electron chi connectivity index (χ4n) is 9.31. The molecule has 0 atom stereocenters. The number of aromatic nitrogens is 1. The highest BCUT2D eigenvalue weighted by atomic mass is 16.3. The molecule has 3 nitrogen and oxygen atoms in total. The Morgan fingerprint density at radius 3 is 1.86 bits per heavy atom. The van der Waals surface area contributed by atoms with Gasteiger partial charge in [-0.05, 0) is 99.6 Å². The summed E-state index contributed by atoms with van der Waals surface area (Å²) in [5.74, 6) is 0. The van der Waals surface area contributed by atoms with E-state index in [0.717, 1.165) is 66.9 Å². The van der Waals surface area contributed by atoms with Gasteiger partial charge in [0, 0.05) is 49.6 Å². The van der Waals surface area contributed by atoms with Crippen LogP contribution in [0.5, 0.6) is 0 Å². The number of hydrogen-bond donors (Lipinski definition) is 0. The maximum absolute atomic E-state index is 6.63. The van der Waals surface area contributed by atoms with E-state index in [9.17, 15) is 0 Å². The number of benzene rings is 10. The number of nitrogens with zero attached hydrogens (tertiary/aromatic N) is 2. The Kier molecular flexibility index (Phi) is 7.54. The van der Waals surface area contributed by atoms with Gasteiger partial charge in [-0.15, -0.1) is 0 Å². The highest BCUT2D eigenvalue weighted by Gasteiger charge is 2.21. The molecule has 2 aromatic heterocycles. The summed E-state index contributed by atoms with van der Waals surface area (Å²) in [6.07, 6.45) is 0. The van der Waals surface area contributed by atoms with E-state index < -0.39 is 0 Å². The van der Waals surface area contributed by atoms with Crippen molar-refractivity contribution in [3.63, 3.8) is 0 Å². The molecule has 0 unspecified atom stereocenters. The van der Waals surface area contributed by atoms with Crippen molar-refractivity contribution in [2.45, 2.75) is 0 Å². The van der Waals surface area contributed by atoms with Gasteiger partial charge in [0.25, 0.3) is 0 Å². The van der Waals surface area contributed by atoms with Gasteiger partial charge in [0.1, 0.15) is 11.2 Å². The minimum absolute atomic E-state index is 0.891. The van der Waals surface area contributed by atoms with Gasteiger partial charge in [-0.2, -0.15) is 0 Å². The summed E-state index contributed by atoms with van der Waals surface area (Å²) < 4.78 is 9.01.